The largest absolute Gasteiger partial charge is 0.371 e. The molecule has 6 nitrogen and oxygen atoms in total. The smallest absolute Gasteiger partial charge is 0.261 e. The summed E-state index contributed by atoms with van der Waals surface area (Å²) in [6.45, 7) is 5.07. The van der Waals surface area contributed by atoms with Crippen LogP contribution in [0.15, 0.2) is 41.8 Å². The van der Waals surface area contributed by atoms with E-state index in [1.165, 1.54) is 11.3 Å². The molecule has 29 heavy (non-hydrogen) atoms. The van der Waals surface area contributed by atoms with Crippen LogP contribution < -0.4 is 10.2 Å². The first-order valence-electron chi connectivity index (χ1n) is 10.3. The first kappa shape index (κ1) is 19.9. The van der Waals surface area contributed by atoms with Gasteiger partial charge in [-0.15, -0.1) is 11.3 Å². The molecular weight excluding hydrogens is 384 g/mol. The molecule has 0 spiro atoms. The number of piperazine rings is 1. The Bertz CT molecular complexity index is 838. The predicted octanol–water partition coefficient (Wildman–Crippen LogP) is 2.53. The summed E-state index contributed by atoms with van der Waals surface area (Å²) in [5.74, 6) is 0.144. The lowest BCUT2D eigenvalue weighted by atomic mass is 10.0. The van der Waals surface area contributed by atoms with Crippen molar-refractivity contribution in [3.63, 3.8) is 0 Å². The van der Waals surface area contributed by atoms with Crippen LogP contribution in [0.3, 0.4) is 0 Å². The van der Waals surface area contributed by atoms with Crippen molar-refractivity contribution in [2.75, 3.05) is 51.2 Å². The fraction of sp³-hybridized carbons (Fsp3) is 0.455. The molecular formula is C22H28N4O2S. The molecule has 1 aromatic carbocycles. The molecule has 1 N–H and O–H groups in total. The Balaban J connectivity index is 1.39. The quantitative estimate of drug-likeness (QED) is 0.839. The van der Waals surface area contributed by atoms with E-state index in [2.05, 4.69) is 22.2 Å². The lowest BCUT2D eigenvalue weighted by Gasteiger charge is -2.36. The number of carbonyl (C=O) groups excluding carboxylic acids is 2. The van der Waals surface area contributed by atoms with Gasteiger partial charge in [-0.1, -0.05) is 18.2 Å². The molecule has 2 fully saturated rings. The number of rotatable bonds is 4. The van der Waals surface area contributed by atoms with Crippen LogP contribution in [-0.2, 0) is 0 Å². The highest BCUT2D eigenvalue weighted by atomic mass is 32.1. The average Bonchev–Trinajstić information content (AvgIpc) is 3.30. The molecule has 0 atom stereocenters. The minimum absolute atomic E-state index is 0.0177. The second kappa shape index (κ2) is 8.97. The van der Waals surface area contributed by atoms with E-state index in [4.69, 9.17) is 0 Å². The van der Waals surface area contributed by atoms with Gasteiger partial charge < -0.3 is 20.0 Å². The molecule has 154 valence electrons. The second-order valence-electron chi connectivity index (χ2n) is 7.82. The molecule has 3 heterocycles. The van der Waals surface area contributed by atoms with Gasteiger partial charge in [-0.05, 0) is 43.5 Å². The van der Waals surface area contributed by atoms with Gasteiger partial charge in [0.15, 0.2) is 0 Å². The predicted molar refractivity (Wildman–Crippen MR) is 117 cm³/mol. The zero-order valence-electron chi connectivity index (χ0n) is 16.8. The molecule has 4 rings (SSSR count). The summed E-state index contributed by atoms with van der Waals surface area (Å²) in [5.41, 5.74) is 1.80. The van der Waals surface area contributed by atoms with Crippen LogP contribution in [0.4, 0.5) is 5.69 Å². The summed E-state index contributed by atoms with van der Waals surface area (Å²) < 4.78 is 0. The fourth-order valence-electron chi connectivity index (χ4n) is 4.04. The Hall–Kier alpha value is -2.38. The Morgan fingerprint density at radius 3 is 2.38 bits per heavy atom. The highest BCUT2D eigenvalue weighted by Gasteiger charge is 2.27. The Labute approximate surface area is 176 Å². The maximum atomic E-state index is 13.1. The number of benzene rings is 1. The van der Waals surface area contributed by atoms with Gasteiger partial charge in [0, 0.05) is 51.0 Å². The highest BCUT2D eigenvalue weighted by molar-refractivity contribution is 7.12. The van der Waals surface area contributed by atoms with Crippen molar-refractivity contribution >= 4 is 28.8 Å². The number of amides is 2. The topological polar surface area (TPSA) is 55.9 Å². The molecule has 2 aliphatic rings. The molecule has 2 saturated heterocycles. The summed E-state index contributed by atoms with van der Waals surface area (Å²) in [4.78, 5) is 32.7. The molecule has 0 aliphatic carbocycles. The van der Waals surface area contributed by atoms with Crippen molar-refractivity contribution in [3.05, 3.63) is 52.2 Å². The zero-order chi connectivity index (χ0) is 20.2. The molecule has 7 heteroatoms. The van der Waals surface area contributed by atoms with Crippen molar-refractivity contribution in [1.82, 2.24) is 15.1 Å². The summed E-state index contributed by atoms with van der Waals surface area (Å²) >= 11 is 1.47. The molecule has 0 unspecified atom stereocenters. The van der Waals surface area contributed by atoms with Gasteiger partial charge in [0.1, 0.15) is 0 Å². The maximum Gasteiger partial charge on any atom is 0.261 e. The van der Waals surface area contributed by atoms with Crippen LogP contribution in [0.5, 0.6) is 0 Å². The van der Waals surface area contributed by atoms with E-state index >= 15 is 0 Å². The number of likely N-dealkylation sites (N-methyl/N-ethyl adjacent to an activating group) is 1. The first-order chi connectivity index (χ1) is 14.1. The van der Waals surface area contributed by atoms with Crippen molar-refractivity contribution in [2.45, 2.75) is 18.9 Å². The molecule has 0 saturated carbocycles. The van der Waals surface area contributed by atoms with E-state index in [1.54, 1.807) is 0 Å². The van der Waals surface area contributed by atoms with E-state index in [9.17, 15) is 9.59 Å². The molecule has 1 aromatic heterocycles. The van der Waals surface area contributed by atoms with Gasteiger partial charge in [-0.25, -0.2) is 0 Å². The minimum Gasteiger partial charge on any atom is -0.371 e. The van der Waals surface area contributed by atoms with Crippen molar-refractivity contribution < 1.29 is 9.59 Å². The number of anilines is 1. The fourth-order valence-corrected chi connectivity index (χ4v) is 4.67. The van der Waals surface area contributed by atoms with E-state index in [0.717, 1.165) is 68.2 Å². The van der Waals surface area contributed by atoms with Gasteiger partial charge >= 0.3 is 0 Å². The first-order valence-corrected chi connectivity index (χ1v) is 11.2. The number of nitrogens with zero attached hydrogens (tertiary/aromatic N) is 3. The third-order valence-electron chi connectivity index (χ3n) is 5.84. The lowest BCUT2D eigenvalue weighted by Crippen LogP contribution is -2.48. The summed E-state index contributed by atoms with van der Waals surface area (Å²) in [6, 6.07) is 11.9. The molecule has 0 radical (unpaired) electrons. The van der Waals surface area contributed by atoms with Crippen LogP contribution in [0, 0.1) is 0 Å². The van der Waals surface area contributed by atoms with Gasteiger partial charge in [0.25, 0.3) is 11.8 Å². The SMILES string of the molecule is CN1CCN(C(=O)c2ccccc2N2CCC(NC(=O)c3cccs3)CC2)CC1. The van der Waals surface area contributed by atoms with Crippen LogP contribution >= 0.6 is 11.3 Å². The van der Waals surface area contributed by atoms with E-state index < -0.39 is 0 Å². The van der Waals surface area contributed by atoms with Crippen molar-refractivity contribution in [1.29, 1.82) is 0 Å². The van der Waals surface area contributed by atoms with E-state index in [-0.39, 0.29) is 17.9 Å². The third-order valence-corrected chi connectivity index (χ3v) is 6.71. The Morgan fingerprint density at radius 1 is 0.966 bits per heavy atom. The number of hydrogen-bond acceptors (Lipinski definition) is 5. The zero-order valence-corrected chi connectivity index (χ0v) is 17.7. The highest BCUT2D eigenvalue weighted by Crippen LogP contribution is 2.26. The van der Waals surface area contributed by atoms with Crippen LogP contribution in [0.1, 0.15) is 32.9 Å². The number of para-hydroxylation sites is 1. The maximum absolute atomic E-state index is 13.1. The van der Waals surface area contributed by atoms with E-state index in [0.29, 0.717) is 0 Å². The normalized spacial score (nSPS) is 18.7. The van der Waals surface area contributed by atoms with Crippen molar-refractivity contribution in [3.8, 4) is 0 Å². The summed E-state index contributed by atoms with van der Waals surface area (Å²) in [6.07, 6.45) is 1.77. The standard InChI is InChI=1S/C22H28N4O2S/c1-24-12-14-26(15-13-24)22(28)18-5-2-3-6-19(18)25-10-8-17(9-11-25)23-21(27)20-7-4-16-29-20/h2-7,16-17H,8-15H2,1H3,(H,23,27). The molecule has 2 amide bonds. The van der Waals surface area contributed by atoms with Crippen LogP contribution in [0.2, 0.25) is 0 Å². The number of thiophene rings is 1. The summed E-state index contributed by atoms with van der Waals surface area (Å²) in [5, 5.41) is 5.07. The van der Waals surface area contributed by atoms with Gasteiger partial charge in [-0.3, -0.25) is 9.59 Å². The Morgan fingerprint density at radius 2 is 1.69 bits per heavy atom. The van der Waals surface area contributed by atoms with Crippen LogP contribution in [0.25, 0.3) is 0 Å². The number of nitrogens with one attached hydrogen (secondary N) is 1. The van der Waals surface area contributed by atoms with Gasteiger partial charge in [0.2, 0.25) is 0 Å². The molecule has 2 aromatic rings. The van der Waals surface area contributed by atoms with Crippen molar-refractivity contribution in [2.24, 2.45) is 0 Å². The lowest BCUT2D eigenvalue weighted by molar-refractivity contribution is 0.0664. The van der Waals surface area contributed by atoms with Crippen LogP contribution in [-0.4, -0.2) is 74.0 Å². The Kier molecular flexibility index (Phi) is 6.16. The molecule has 0 bridgehead atoms. The minimum atomic E-state index is 0.0177. The van der Waals surface area contributed by atoms with E-state index in [1.807, 2.05) is 46.7 Å². The second-order valence-corrected chi connectivity index (χ2v) is 8.77. The average molecular weight is 413 g/mol. The summed E-state index contributed by atoms with van der Waals surface area (Å²) in [7, 11) is 2.09. The monoisotopic (exact) mass is 412 g/mol. The van der Waals surface area contributed by atoms with Gasteiger partial charge in [-0.2, -0.15) is 0 Å². The van der Waals surface area contributed by atoms with Gasteiger partial charge in [0.05, 0.1) is 10.4 Å². The number of hydrogen-bond donors (Lipinski definition) is 1. The molecule has 2 aliphatic heterocycles. The third kappa shape index (κ3) is 4.62. The number of carbonyl (C=O) groups is 2. The number of piperidine rings is 1.